The van der Waals surface area contributed by atoms with Crippen LogP contribution in [0.15, 0.2) is 65.7 Å². The average molecular weight is 478 g/mol. The van der Waals surface area contributed by atoms with Gasteiger partial charge >= 0.3 is 0 Å². The number of unbranched alkanes of at least 4 members (excludes halogenated alkanes) is 3. The van der Waals surface area contributed by atoms with E-state index in [0.717, 1.165) is 41.3 Å². The average Bonchev–Trinajstić information content (AvgIpc) is 3.37. The first kappa shape index (κ1) is 23.3. The smallest absolute Gasteiger partial charge is 0.265 e. The molecule has 1 amide bonds. The largest absolute Gasteiger partial charge is 0.494 e. The zero-order valence-electron chi connectivity index (χ0n) is 18.9. The van der Waals surface area contributed by atoms with E-state index in [1.54, 1.807) is 7.05 Å². The first-order valence-electron chi connectivity index (χ1n) is 11.2. The van der Waals surface area contributed by atoms with Crippen LogP contribution in [0.25, 0.3) is 23.0 Å². The molecule has 2 heterocycles. The quantitative estimate of drug-likeness (QED) is 0.205. The lowest BCUT2D eigenvalue weighted by Gasteiger charge is -2.07. The molecule has 3 aromatic rings. The number of rotatable bonds is 9. The summed E-state index contributed by atoms with van der Waals surface area (Å²) >= 11 is 6.60. The standard InChI is InChI=1S/C26H27N3O2S2/c1-3-4-5-9-16-31-22-14-12-19(13-15-22)24-20(17-23-25(30)28(2)26(32)33-23)18-29(27-24)21-10-7-6-8-11-21/h6-8,10-15,17-18H,3-5,9,16H2,1-2H3/b23-17+. The van der Waals surface area contributed by atoms with Crippen LogP contribution in [0.3, 0.4) is 0 Å². The summed E-state index contributed by atoms with van der Waals surface area (Å²) in [4.78, 5) is 14.7. The summed E-state index contributed by atoms with van der Waals surface area (Å²) in [5.74, 6) is 0.765. The summed E-state index contributed by atoms with van der Waals surface area (Å²) < 4.78 is 8.29. The van der Waals surface area contributed by atoms with Crippen LogP contribution in [-0.4, -0.2) is 38.6 Å². The minimum absolute atomic E-state index is 0.0877. The van der Waals surface area contributed by atoms with Gasteiger partial charge in [-0.15, -0.1) is 0 Å². The molecule has 1 saturated heterocycles. The molecule has 0 N–H and O–H groups in total. The Labute approximate surface area is 204 Å². The number of amides is 1. The van der Waals surface area contributed by atoms with Crippen molar-refractivity contribution in [2.24, 2.45) is 0 Å². The van der Waals surface area contributed by atoms with Crippen LogP contribution in [-0.2, 0) is 4.79 Å². The van der Waals surface area contributed by atoms with Gasteiger partial charge in [-0.1, -0.05) is 68.4 Å². The molecule has 7 heteroatoms. The number of hydrogen-bond donors (Lipinski definition) is 0. The maximum Gasteiger partial charge on any atom is 0.265 e. The van der Waals surface area contributed by atoms with Gasteiger partial charge in [0.2, 0.25) is 0 Å². The highest BCUT2D eigenvalue weighted by Crippen LogP contribution is 2.34. The maximum atomic E-state index is 12.6. The Morgan fingerprint density at radius 2 is 1.82 bits per heavy atom. The summed E-state index contributed by atoms with van der Waals surface area (Å²) in [5, 5.41) is 4.85. The van der Waals surface area contributed by atoms with Gasteiger partial charge in [0.25, 0.3) is 5.91 Å². The molecule has 170 valence electrons. The van der Waals surface area contributed by atoms with E-state index in [1.165, 1.54) is 35.9 Å². The number of carbonyl (C=O) groups is 1. The fourth-order valence-electron chi connectivity index (χ4n) is 3.54. The van der Waals surface area contributed by atoms with Crippen LogP contribution in [0.1, 0.15) is 38.2 Å². The van der Waals surface area contributed by atoms with Crippen molar-refractivity contribution in [2.75, 3.05) is 13.7 Å². The SMILES string of the molecule is CCCCCCOc1ccc(-c2nn(-c3ccccc3)cc2/C=C2/SC(=S)N(C)C2=O)cc1. The number of nitrogens with zero attached hydrogens (tertiary/aromatic N) is 3. The number of ether oxygens (including phenoxy) is 1. The van der Waals surface area contributed by atoms with Crippen molar-refractivity contribution < 1.29 is 9.53 Å². The van der Waals surface area contributed by atoms with Crippen LogP contribution in [0.2, 0.25) is 0 Å². The molecule has 0 atom stereocenters. The highest BCUT2D eigenvalue weighted by atomic mass is 32.2. The normalized spacial score (nSPS) is 15.0. The Hall–Kier alpha value is -2.90. The summed E-state index contributed by atoms with van der Waals surface area (Å²) in [6.45, 7) is 2.93. The Morgan fingerprint density at radius 3 is 2.48 bits per heavy atom. The van der Waals surface area contributed by atoms with Gasteiger partial charge < -0.3 is 4.74 Å². The number of benzene rings is 2. The molecule has 0 saturated carbocycles. The van der Waals surface area contributed by atoms with E-state index in [0.29, 0.717) is 9.23 Å². The number of carbonyl (C=O) groups excluding carboxylic acids is 1. The van der Waals surface area contributed by atoms with Crippen molar-refractivity contribution in [2.45, 2.75) is 32.6 Å². The number of likely N-dealkylation sites (N-methyl/N-ethyl adjacent to an activating group) is 1. The highest BCUT2D eigenvalue weighted by molar-refractivity contribution is 8.26. The predicted molar refractivity (Wildman–Crippen MR) is 140 cm³/mol. The second-order valence-corrected chi connectivity index (χ2v) is 9.56. The molecule has 0 bridgehead atoms. The summed E-state index contributed by atoms with van der Waals surface area (Å²) in [5.41, 5.74) is 3.57. The van der Waals surface area contributed by atoms with Crippen molar-refractivity contribution in [1.82, 2.24) is 14.7 Å². The molecule has 0 unspecified atom stereocenters. The van der Waals surface area contributed by atoms with Gasteiger partial charge in [0.05, 0.1) is 22.9 Å². The van der Waals surface area contributed by atoms with Gasteiger partial charge in [-0.2, -0.15) is 5.10 Å². The van der Waals surface area contributed by atoms with Crippen LogP contribution in [0.5, 0.6) is 5.75 Å². The van der Waals surface area contributed by atoms with Gasteiger partial charge in [0.1, 0.15) is 10.1 Å². The van der Waals surface area contributed by atoms with Crippen LogP contribution < -0.4 is 4.74 Å². The monoisotopic (exact) mass is 477 g/mol. The van der Waals surface area contributed by atoms with Crippen molar-refractivity contribution >= 4 is 40.3 Å². The molecule has 1 fully saturated rings. The van der Waals surface area contributed by atoms with Gasteiger partial charge in [-0.05, 0) is 48.9 Å². The van der Waals surface area contributed by atoms with Crippen LogP contribution in [0, 0.1) is 0 Å². The first-order chi connectivity index (χ1) is 16.1. The maximum absolute atomic E-state index is 12.6. The van der Waals surface area contributed by atoms with Crippen molar-refractivity contribution in [1.29, 1.82) is 0 Å². The van der Waals surface area contributed by atoms with Crippen LogP contribution >= 0.6 is 24.0 Å². The van der Waals surface area contributed by atoms with Gasteiger partial charge in [-0.3, -0.25) is 9.69 Å². The summed E-state index contributed by atoms with van der Waals surface area (Å²) in [7, 11) is 1.70. The van der Waals surface area contributed by atoms with E-state index >= 15 is 0 Å². The van der Waals surface area contributed by atoms with E-state index in [4.69, 9.17) is 22.1 Å². The van der Waals surface area contributed by atoms with Crippen molar-refractivity contribution in [3.63, 3.8) is 0 Å². The van der Waals surface area contributed by atoms with E-state index < -0.39 is 0 Å². The molecule has 2 aromatic carbocycles. The van der Waals surface area contributed by atoms with E-state index in [2.05, 4.69) is 6.92 Å². The molecule has 4 rings (SSSR count). The van der Waals surface area contributed by atoms with Gasteiger partial charge in [-0.25, -0.2) is 4.68 Å². The number of aromatic nitrogens is 2. The van der Waals surface area contributed by atoms with Gasteiger partial charge in [0, 0.05) is 24.4 Å². The van der Waals surface area contributed by atoms with E-state index in [9.17, 15) is 4.79 Å². The fourth-order valence-corrected chi connectivity index (χ4v) is 4.72. The third kappa shape index (κ3) is 5.54. The van der Waals surface area contributed by atoms with Gasteiger partial charge in [0.15, 0.2) is 0 Å². The fraction of sp³-hybridized carbons (Fsp3) is 0.269. The zero-order chi connectivity index (χ0) is 23.2. The molecule has 1 aliphatic rings. The zero-order valence-corrected chi connectivity index (χ0v) is 20.5. The van der Waals surface area contributed by atoms with E-state index in [-0.39, 0.29) is 5.91 Å². The molecule has 1 aromatic heterocycles. The lowest BCUT2D eigenvalue weighted by atomic mass is 10.1. The third-order valence-corrected chi connectivity index (χ3v) is 6.92. The topological polar surface area (TPSA) is 47.4 Å². The molecular formula is C26H27N3O2S2. The Kier molecular flexibility index (Phi) is 7.62. The number of thioether (sulfide) groups is 1. The predicted octanol–water partition coefficient (Wildman–Crippen LogP) is 6.33. The summed E-state index contributed by atoms with van der Waals surface area (Å²) in [6.07, 6.45) is 8.55. The number of hydrogen-bond acceptors (Lipinski definition) is 5. The molecule has 5 nitrogen and oxygen atoms in total. The van der Waals surface area contributed by atoms with Crippen molar-refractivity contribution in [3.05, 3.63) is 71.3 Å². The van der Waals surface area contributed by atoms with Crippen LogP contribution in [0.4, 0.5) is 0 Å². The molecule has 0 spiro atoms. The number of thiocarbonyl (C=S) groups is 1. The van der Waals surface area contributed by atoms with E-state index in [1.807, 2.05) is 71.6 Å². The lowest BCUT2D eigenvalue weighted by molar-refractivity contribution is -0.121. The Morgan fingerprint density at radius 1 is 1.06 bits per heavy atom. The molecule has 0 radical (unpaired) electrons. The second-order valence-electron chi connectivity index (χ2n) is 7.89. The molecule has 0 aliphatic carbocycles. The first-order valence-corrected chi connectivity index (χ1v) is 12.4. The minimum atomic E-state index is -0.0877. The Bertz CT molecular complexity index is 1150. The highest BCUT2D eigenvalue weighted by Gasteiger charge is 2.29. The third-order valence-electron chi connectivity index (χ3n) is 5.43. The Balaban J connectivity index is 1.62. The second kappa shape index (κ2) is 10.8. The summed E-state index contributed by atoms with van der Waals surface area (Å²) in [6, 6.07) is 17.9. The number of para-hydroxylation sites is 1. The minimum Gasteiger partial charge on any atom is -0.494 e. The van der Waals surface area contributed by atoms with Crippen molar-refractivity contribution in [3.8, 4) is 22.7 Å². The molecule has 33 heavy (non-hydrogen) atoms. The molecular weight excluding hydrogens is 450 g/mol. The lowest BCUT2D eigenvalue weighted by Crippen LogP contribution is -2.22. The molecule has 1 aliphatic heterocycles.